The highest BCUT2D eigenvalue weighted by Crippen LogP contribution is 2.23. The van der Waals surface area contributed by atoms with E-state index < -0.39 is 0 Å². The van der Waals surface area contributed by atoms with Gasteiger partial charge in [0.05, 0.1) is 0 Å². The number of nitrogens with one attached hydrogen (secondary N) is 1. The molecule has 2 heteroatoms. The Bertz CT molecular complexity index is 271. The molecule has 0 unspecified atom stereocenters. The van der Waals surface area contributed by atoms with Gasteiger partial charge in [0.15, 0.2) is 0 Å². The molecule has 0 aliphatic carbocycles. The van der Waals surface area contributed by atoms with Crippen molar-refractivity contribution >= 4 is 11.6 Å². The summed E-state index contributed by atoms with van der Waals surface area (Å²) in [5, 5.41) is 4.03. The fraction of sp³-hybridized carbons (Fsp3) is 0.400. The Morgan fingerprint density at radius 3 is 2.67 bits per heavy atom. The van der Waals surface area contributed by atoms with E-state index in [9.17, 15) is 0 Å². The minimum atomic E-state index is 0.365. The molecule has 1 aromatic carbocycles. The van der Waals surface area contributed by atoms with Gasteiger partial charge in [-0.15, -0.1) is 0 Å². The molecule has 1 N–H and O–H groups in total. The van der Waals surface area contributed by atoms with Gasteiger partial charge < -0.3 is 5.32 Å². The third kappa shape index (κ3) is 1.79. The Labute approximate surface area is 78.7 Å². The molecule has 0 aromatic heterocycles. The molecule has 0 heterocycles. The summed E-state index contributed by atoms with van der Waals surface area (Å²) in [6.07, 6.45) is 0. The van der Waals surface area contributed by atoms with Crippen LogP contribution in [0.5, 0.6) is 0 Å². The quantitative estimate of drug-likeness (QED) is 0.744. The van der Waals surface area contributed by atoms with Crippen molar-refractivity contribution < 1.29 is 0 Å². The molecule has 1 nitrogen and oxygen atoms in total. The smallest absolute Gasteiger partial charge is 0.0438 e. The zero-order chi connectivity index (χ0) is 9.14. The van der Waals surface area contributed by atoms with Crippen LogP contribution in [0.15, 0.2) is 18.2 Å². The van der Waals surface area contributed by atoms with Gasteiger partial charge in [0, 0.05) is 11.1 Å². The van der Waals surface area contributed by atoms with Crippen LogP contribution in [-0.2, 0) is 0 Å². The lowest BCUT2D eigenvalue weighted by molar-refractivity contribution is 0.648. The molecule has 1 aromatic rings. The first-order chi connectivity index (χ1) is 5.66. The van der Waals surface area contributed by atoms with Crippen LogP contribution in [-0.4, -0.2) is 7.05 Å². The topological polar surface area (TPSA) is 12.0 Å². The fourth-order valence-electron chi connectivity index (χ4n) is 1.25. The largest absolute Gasteiger partial charge is 0.313 e. The number of hydrogen-bond donors (Lipinski definition) is 1. The molecule has 0 fully saturated rings. The van der Waals surface area contributed by atoms with E-state index in [1.165, 1.54) is 11.1 Å². The van der Waals surface area contributed by atoms with Gasteiger partial charge in [0.1, 0.15) is 0 Å². The summed E-state index contributed by atoms with van der Waals surface area (Å²) >= 11 is 5.99. The zero-order valence-electron chi connectivity index (χ0n) is 7.69. The first-order valence-electron chi connectivity index (χ1n) is 4.09. The van der Waals surface area contributed by atoms with E-state index in [0.717, 1.165) is 5.02 Å². The molecule has 12 heavy (non-hydrogen) atoms. The predicted molar refractivity (Wildman–Crippen MR) is 53.7 cm³/mol. The maximum Gasteiger partial charge on any atom is 0.0438 e. The number of hydrogen-bond acceptors (Lipinski definition) is 1. The molecule has 0 saturated carbocycles. The van der Waals surface area contributed by atoms with Crippen LogP contribution in [0.25, 0.3) is 0 Å². The van der Waals surface area contributed by atoms with Gasteiger partial charge in [-0.05, 0) is 38.1 Å². The third-order valence-electron chi connectivity index (χ3n) is 2.21. The second-order valence-electron chi connectivity index (χ2n) is 2.96. The van der Waals surface area contributed by atoms with Gasteiger partial charge >= 0.3 is 0 Å². The van der Waals surface area contributed by atoms with E-state index in [0.29, 0.717) is 6.04 Å². The van der Waals surface area contributed by atoms with Crippen LogP contribution in [0.1, 0.15) is 24.1 Å². The van der Waals surface area contributed by atoms with E-state index in [1.807, 2.05) is 26.1 Å². The Morgan fingerprint density at radius 2 is 2.08 bits per heavy atom. The van der Waals surface area contributed by atoms with E-state index in [1.54, 1.807) is 0 Å². The lowest BCUT2D eigenvalue weighted by atomic mass is 10.0. The number of benzene rings is 1. The van der Waals surface area contributed by atoms with Gasteiger partial charge in [0.25, 0.3) is 0 Å². The standard InChI is InChI=1S/C10H14ClN/c1-7-9(8(2)12-3)5-4-6-10(7)11/h4-6,8,12H,1-3H3/t8-/m0/s1. The first kappa shape index (κ1) is 9.56. The van der Waals surface area contributed by atoms with Crippen molar-refractivity contribution in [3.8, 4) is 0 Å². The van der Waals surface area contributed by atoms with Crippen molar-refractivity contribution in [2.45, 2.75) is 19.9 Å². The normalized spacial score (nSPS) is 13.0. The summed E-state index contributed by atoms with van der Waals surface area (Å²) < 4.78 is 0. The summed E-state index contributed by atoms with van der Waals surface area (Å²) in [5.74, 6) is 0. The summed E-state index contributed by atoms with van der Waals surface area (Å²) in [7, 11) is 1.95. The predicted octanol–water partition coefficient (Wildman–Crippen LogP) is 2.93. The van der Waals surface area contributed by atoms with Crippen LogP contribution < -0.4 is 5.32 Å². The SMILES string of the molecule is CN[C@@H](C)c1cccc(Cl)c1C. The third-order valence-corrected chi connectivity index (χ3v) is 2.62. The molecule has 1 atom stereocenters. The Hall–Kier alpha value is -0.530. The van der Waals surface area contributed by atoms with Crippen LogP contribution in [0.2, 0.25) is 5.02 Å². The number of halogens is 1. The Morgan fingerprint density at radius 1 is 1.42 bits per heavy atom. The van der Waals surface area contributed by atoms with Gasteiger partial charge in [0.2, 0.25) is 0 Å². The fourth-order valence-corrected chi connectivity index (χ4v) is 1.43. The molecule has 0 amide bonds. The minimum Gasteiger partial charge on any atom is -0.313 e. The zero-order valence-corrected chi connectivity index (χ0v) is 8.44. The molecule has 0 radical (unpaired) electrons. The molecule has 1 rings (SSSR count). The van der Waals surface area contributed by atoms with Crippen molar-refractivity contribution in [2.24, 2.45) is 0 Å². The minimum absolute atomic E-state index is 0.365. The Kier molecular flexibility index (Phi) is 3.12. The van der Waals surface area contributed by atoms with Gasteiger partial charge in [-0.25, -0.2) is 0 Å². The number of rotatable bonds is 2. The van der Waals surface area contributed by atoms with E-state index in [-0.39, 0.29) is 0 Å². The first-order valence-corrected chi connectivity index (χ1v) is 4.47. The van der Waals surface area contributed by atoms with Crippen LogP contribution in [0.3, 0.4) is 0 Å². The van der Waals surface area contributed by atoms with Crippen LogP contribution in [0.4, 0.5) is 0 Å². The lowest BCUT2D eigenvalue weighted by Crippen LogP contribution is -2.13. The van der Waals surface area contributed by atoms with Crippen LogP contribution >= 0.6 is 11.6 Å². The Balaban J connectivity index is 3.07. The molecule has 0 saturated heterocycles. The van der Waals surface area contributed by atoms with Crippen LogP contribution in [0, 0.1) is 6.92 Å². The molecular formula is C10H14ClN. The van der Waals surface area contributed by atoms with Crippen molar-refractivity contribution in [3.05, 3.63) is 34.3 Å². The summed E-state index contributed by atoms with van der Waals surface area (Å²) in [4.78, 5) is 0. The second kappa shape index (κ2) is 3.92. The molecule has 0 aliphatic heterocycles. The summed E-state index contributed by atoms with van der Waals surface area (Å²) in [6, 6.07) is 6.37. The highest BCUT2D eigenvalue weighted by Gasteiger charge is 2.06. The molecule has 66 valence electrons. The molecule has 0 aliphatic rings. The van der Waals surface area contributed by atoms with E-state index in [2.05, 4.69) is 18.3 Å². The van der Waals surface area contributed by atoms with E-state index >= 15 is 0 Å². The van der Waals surface area contributed by atoms with Crippen molar-refractivity contribution in [2.75, 3.05) is 7.05 Å². The monoisotopic (exact) mass is 183 g/mol. The highest BCUT2D eigenvalue weighted by molar-refractivity contribution is 6.31. The molecule has 0 bridgehead atoms. The van der Waals surface area contributed by atoms with Gasteiger partial charge in [-0.2, -0.15) is 0 Å². The van der Waals surface area contributed by atoms with Gasteiger partial charge in [-0.1, -0.05) is 23.7 Å². The van der Waals surface area contributed by atoms with Crippen molar-refractivity contribution in [3.63, 3.8) is 0 Å². The highest BCUT2D eigenvalue weighted by atomic mass is 35.5. The van der Waals surface area contributed by atoms with Crippen molar-refractivity contribution in [1.29, 1.82) is 0 Å². The average molecular weight is 184 g/mol. The second-order valence-corrected chi connectivity index (χ2v) is 3.37. The molecule has 0 spiro atoms. The lowest BCUT2D eigenvalue weighted by Gasteiger charge is -2.14. The summed E-state index contributed by atoms with van der Waals surface area (Å²) in [6.45, 7) is 4.17. The maximum absolute atomic E-state index is 5.99. The average Bonchev–Trinajstić information content (AvgIpc) is 2.08. The summed E-state index contributed by atoms with van der Waals surface area (Å²) in [5.41, 5.74) is 2.44. The van der Waals surface area contributed by atoms with Crippen molar-refractivity contribution in [1.82, 2.24) is 5.32 Å². The molecular weight excluding hydrogens is 170 g/mol. The maximum atomic E-state index is 5.99. The van der Waals surface area contributed by atoms with E-state index in [4.69, 9.17) is 11.6 Å². The van der Waals surface area contributed by atoms with Gasteiger partial charge in [-0.3, -0.25) is 0 Å².